The van der Waals surface area contributed by atoms with Gasteiger partial charge in [0, 0.05) is 19.5 Å². The fraction of sp³-hybridized carbons (Fsp3) is 0.818. The molecule has 0 saturated carbocycles. The van der Waals surface area contributed by atoms with E-state index >= 15 is 0 Å². The first-order valence-electron chi connectivity index (χ1n) is 5.90. The van der Waals surface area contributed by atoms with Crippen LogP contribution < -0.4 is 4.90 Å². The Bertz CT molecular complexity index is 303. The molecule has 0 aromatic carbocycles. The summed E-state index contributed by atoms with van der Waals surface area (Å²) in [6.45, 7) is 6.41. The third kappa shape index (κ3) is 2.30. The molecule has 1 aliphatic heterocycles. The van der Waals surface area contributed by atoms with Gasteiger partial charge in [-0.25, -0.2) is 0 Å². The van der Waals surface area contributed by atoms with Gasteiger partial charge in [-0.2, -0.15) is 0 Å². The molecule has 0 N–H and O–H groups in total. The number of hydrogen-bond acceptors (Lipinski definition) is 4. The second-order valence-corrected chi connectivity index (χ2v) is 4.17. The van der Waals surface area contributed by atoms with E-state index in [4.69, 9.17) is 4.42 Å². The van der Waals surface area contributed by atoms with Gasteiger partial charge in [-0.3, -0.25) is 0 Å². The molecule has 0 bridgehead atoms. The van der Waals surface area contributed by atoms with Crippen molar-refractivity contribution >= 4 is 6.01 Å². The Hall–Kier alpha value is -1.06. The van der Waals surface area contributed by atoms with Crippen LogP contribution in [0.2, 0.25) is 0 Å². The summed E-state index contributed by atoms with van der Waals surface area (Å²) in [5, 5.41) is 8.06. The lowest BCUT2D eigenvalue weighted by molar-refractivity contribution is 0.375. The van der Waals surface area contributed by atoms with Crippen molar-refractivity contribution in [2.45, 2.75) is 39.5 Å². The summed E-state index contributed by atoms with van der Waals surface area (Å²) in [7, 11) is 0. The molecule has 0 atom stereocenters. The maximum absolute atomic E-state index is 5.54. The molecule has 0 aliphatic carbocycles. The highest BCUT2D eigenvalue weighted by molar-refractivity contribution is 5.24. The highest BCUT2D eigenvalue weighted by atomic mass is 16.4. The monoisotopic (exact) mass is 209 g/mol. The molecule has 15 heavy (non-hydrogen) atoms. The molecule has 4 nitrogen and oxygen atoms in total. The van der Waals surface area contributed by atoms with Crippen LogP contribution in [0.25, 0.3) is 0 Å². The summed E-state index contributed by atoms with van der Waals surface area (Å²) in [6, 6.07) is 0.710. The van der Waals surface area contributed by atoms with E-state index in [-0.39, 0.29) is 0 Å². The maximum atomic E-state index is 5.54. The normalized spacial score (nSPS) is 18.4. The molecule has 0 spiro atoms. The summed E-state index contributed by atoms with van der Waals surface area (Å²) in [4.78, 5) is 2.21. The van der Waals surface area contributed by atoms with Gasteiger partial charge >= 0.3 is 6.01 Å². The van der Waals surface area contributed by atoms with Crippen LogP contribution in [0.3, 0.4) is 0 Å². The molecule has 2 heterocycles. The third-order valence-electron chi connectivity index (χ3n) is 3.22. The zero-order valence-corrected chi connectivity index (χ0v) is 9.57. The van der Waals surface area contributed by atoms with Crippen LogP contribution in [0.5, 0.6) is 0 Å². The second-order valence-electron chi connectivity index (χ2n) is 4.17. The predicted molar refractivity (Wildman–Crippen MR) is 58.9 cm³/mol. The molecule has 2 rings (SSSR count). The zero-order valence-electron chi connectivity index (χ0n) is 9.57. The van der Waals surface area contributed by atoms with Crippen molar-refractivity contribution in [2.75, 3.05) is 18.0 Å². The molecular formula is C11H19N3O. The van der Waals surface area contributed by atoms with Crippen molar-refractivity contribution in [1.82, 2.24) is 10.2 Å². The zero-order chi connectivity index (χ0) is 10.7. The second kappa shape index (κ2) is 4.64. The van der Waals surface area contributed by atoms with E-state index in [0.717, 1.165) is 31.3 Å². The number of hydrogen-bond donors (Lipinski definition) is 0. The predicted octanol–water partition coefficient (Wildman–Crippen LogP) is 2.26. The van der Waals surface area contributed by atoms with E-state index < -0.39 is 0 Å². The summed E-state index contributed by atoms with van der Waals surface area (Å²) in [6.07, 6.45) is 4.61. The van der Waals surface area contributed by atoms with Gasteiger partial charge < -0.3 is 9.32 Å². The van der Waals surface area contributed by atoms with E-state index in [1.807, 2.05) is 6.92 Å². The quantitative estimate of drug-likeness (QED) is 0.765. The Labute approximate surface area is 90.7 Å². The van der Waals surface area contributed by atoms with E-state index in [1.165, 1.54) is 19.3 Å². The van der Waals surface area contributed by atoms with Gasteiger partial charge in [0.05, 0.1) is 0 Å². The van der Waals surface area contributed by atoms with Crippen LogP contribution in [-0.4, -0.2) is 23.3 Å². The summed E-state index contributed by atoms with van der Waals surface area (Å²) >= 11 is 0. The number of rotatable bonds is 3. The number of nitrogens with zero attached hydrogens (tertiary/aromatic N) is 3. The number of anilines is 1. The highest BCUT2D eigenvalue weighted by Gasteiger charge is 2.21. The Balaban J connectivity index is 1.95. The van der Waals surface area contributed by atoms with Crippen molar-refractivity contribution in [3.8, 4) is 0 Å². The molecule has 1 aromatic rings. The van der Waals surface area contributed by atoms with Crippen LogP contribution >= 0.6 is 0 Å². The largest absolute Gasteiger partial charge is 0.408 e. The molecule has 0 amide bonds. The Morgan fingerprint density at radius 3 is 2.53 bits per heavy atom. The minimum Gasteiger partial charge on any atom is -0.408 e. The standard InChI is InChI=1S/C11H19N3O/c1-3-9-5-7-14(8-6-9)11-13-12-10(4-2)15-11/h9H,3-8H2,1-2H3. The first-order chi connectivity index (χ1) is 7.33. The van der Waals surface area contributed by atoms with E-state index in [0.29, 0.717) is 6.01 Å². The fourth-order valence-corrected chi connectivity index (χ4v) is 2.05. The summed E-state index contributed by atoms with van der Waals surface area (Å²) < 4.78 is 5.54. The van der Waals surface area contributed by atoms with Crippen LogP contribution in [-0.2, 0) is 6.42 Å². The maximum Gasteiger partial charge on any atom is 0.318 e. The molecule has 0 unspecified atom stereocenters. The fourth-order valence-electron chi connectivity index (χ4n) is 2.05. The van der Waals surface area contributed by atoms with E-state index in [9.17, 15) is 0 Å². The van der Waals surface area contributed by atoms with Crippen molar-refractivity contribution in [1.29, 1.82) is 0 Å². The smallest absolute Gasteiger partial charge is 0.318 e. The topological polar surface area (TPSA) is 42.2 Å². The Morgan fingerprint density at radius 1 is 1.27 bits per heavy atom. The highest BCUT2D eigenvalue weighted by Crippen LogP contribution is 2.23. The Morgan fingerprint density at radius 2 is 2.00 bits per heavy atom. The first kappa shape index (κ1) is 10.5. The molecule has 1 aromatic heterocycles. The molecule has 0 radical (unpaired) electrons. The van der Waals surface area contributed by atoms with Gasteiger partial charge in [0.15, 0.2) is 0 Å². The van der Waals surface area contributed by atoms with Gasteiger partial charge in [0.2, 0.25) is 5.89 Å². The van der Waals surface area contributed by atoms with Gasteiger partial charge in [-0.05, 0) is 18.8 Å². The van der Waals surface area contributed by atoms with Crippen molar-refractivity contribution in [3.05, 3.63) is 5.89 Å². The third-order valence-corrected chi connectivity index (χ3v) is 3.22. The molecule has 1 saturated heterocycles. The van der Waals surface area contributed by atoms with E-state index in [2.05, 4.69) is 22.0 Å². The minimum atomic E-state index is 0.710. The molecule has 84 valence electrons. The summed E-state index contributed by atoms with van der Waals surface area (Å²) in [5.41, 5.74) is 0. The molecule has 1 fully saturated rings. The lowest BCUT2D eigenvalue weighted by Gasteiger charge is -2.29. The van der Waals surface area contributed by atoms with Crippen LogP contribution in [0.4, 0.5) is 6.01 Å². The van der Waals surface area contributed by atoms with Crippen molar-refractivity contribution < 1.29 is 4.42 Å². The number of piperidine rings is 1. The van der Waals surface area contributed by atoms with Gasteiger partial charge in [-0.15, -0.1) is 5.10 Å². The van der Waals surface area contributed by atoms with Crippen LogP contribution in [0.1, 0.15) is 39.0 Å². The molecule has 4 heteroatoms. The SMILES string of the molecule is CCc1nnc(N2CCC(CC)CC2)o1. The van der Waals surface area contributed by atoms with Crippen molar-refractivity contribution in [3.63, 3.8) is 0 Å². The van der Waals surface area contributed by atoms with Crippen LogP contribution in [0.15, 0.2) is 4.42 Å². The average molecular weight is 209 g/mol. The van der Waals surface area contributed by atoms with Gasteiger partial charge in [0.1, 0.15) is 0 Å². The first-order valence-corrected chi connectivity index (χ1v) is 5.90. The Kier molecular flexibility index (Phi) is 3.23. The van der Waals surface area contributed by atoms with Gasteiger partial charge in [0.25, 0.3) is 0 Å². The van der Waals surface area contributed by atoms with Crippen molar-refractivity contribution in [2.24, 2.45) is 5.92 Å². The van der Waals surface area contributed by atoms with Crippen LogP contribution in [0, 0.1) is 5.92 Å². The lowest BCUT2D eigenvalue weighted by Crippen LogP contribution is -2.33. The van der Waals surface area contributed by atoms with Gasteiger partial charge in [-0.1, -0.05) is 25.4 Å². The van der Waals surface area contributed by atoms with E-state index in [1.54, 1.807) is 0 Å². The minimum absolute atomic E-state index is 0.710. The summed E-state index contributed by atoms with van der Waals surface area (Å²) in [5.74, 6) is 1.62. The number of aryl methyl sites for hydroxylation is 1. The molecule has 1 aliphatic rings. The average Bonchev–Trinajstić information content (AvgIpc) is 2.78. The lowest BCUT2D eigenvalue weighted by atomic mass is 9.95. The molecular weight excluding hydrogens is 190 g/mol. The number of aromatic nitrogens is 2.